The first kappa shape index (κ1) is 10.2. The summed E-state index contributed by atoms with van der Waals surface area (Å²) in [5, 5.41) is 2.95. The summed E-state index contributed by atoms with van der Waals surface area (Å²) >= 11 is 5.88. The number of cyclic esters (lactones) is 1. The average Bonchev–Trinajstić information content (AvgIpc) is 2.17. The number of alkyl carbamates (subject to hydrolysis) is 1. The molecule has 1 amide bonds. The second-order valence-corrected chi connectivity index (χ2v) is 3.69. The van der Waals surface area contributed by atoms with Crippen molar-refractivity contribution in [2.24, 2.45) is 0 Å². The highest BCUT2D eigenvalue weighted by molar-refractivity contribution is 6.31. The molecule has 3 nitrogen and oxygen atoms in total. The number of carbonyl (C=O) groups is 1. The van der Waals surface area contributed by atoms with Crippen molar-refractivity contribution in [3.63, 3.8) is 0 Å². The van der Waals surface area contributed by atoms with Crippen molar-refractivity contribution in [2.75, 3.05) is 6.61 Å². The van der Waals surface area contributed by atoms with Gasteiger partial charge >= 0.3 is 6.09 Å². The van der Waals surface area contributed by atoms with Crippen LogP contribution in [0.25, 0.3) is 0 Å². The highest BCUT2D eigenvalue weighted by atomic mass is 35.5. The minimum atomic E-state index is -0.466. The van der Waals surface area contributed by atoms with Gasteiger partial charge in [0.2, 0.25) is 0 Å². The standard InChI is InChI=1S/C10H9ClFNO2/c11-8-5-6(12)1-2-7(8)9-3-4-15-10(14)13-9/h1-2,5,9H,3-4H2,(H,13,14)/t9-/m1/s1. The van der Waals surface area contributed by atoms with Gasteiger partial charge in [-0.2, -0.15) is 0 Å². The van der Waals surface area contributed by atoms with Crippen molar-refractivity contribution < 1.29 is 13.9 Å². The van der Waals surface area contributed by atoms with E-state index in [1.54, 1.807) is 6.07 Å². The molecule has 1 aliphatic rings. The summed E-state index contributed by atoms with van der Waals surface area (Å²) in [5.41, 5.74) is 0.717. The fraction of sp³-hybridized carbons (Fsp3) is 0.300. The molecule has 0 radical (unpaired) electrons. The topological polar surface area (TPSA) is 38.3 Å². The Bertz CT molecular complexity index is 397. The summed E-state index contributed by atoms with van der Waals surface area (Å²) in [4.78, 5) is 11.0. The molecule has 0 spiro atoms. The van der Waals surface area contributed by atoms with Crippen LogP contribution in [-0.2, 0) is 4.74 Å². The minimum absolute atomic E-state index is 0.195. The van der Waals surface area contributed by atoms with Crippen LogP contribution >= 0.6 is 11.6 Å². The molecule has 15 heavy (non-hydrogen) atoms. The number of rotatable bonds is 1. The summed E-state index contributed by atoms with van der Waals surface area (Å²) < 4.78 is 17.5. The van der Waals surface area contributed by atoms with Gasteiger partial charge in [-0.3, -0.25) is 0 Å². The number of nitrogens with one attached hydrogen (secondary N) is 1. The second kappa shape index (κ2) is 4.06. The molecule has 0 saturated carbocycles. The number of carbonyl (C=O) groups excluding carboxylic acids is 1. The van der Waals surface area contributed by atoms with Crippen molar-refractivity contribution in [1.82, 2.24) is 5.32 Å². The third-order valence-electron chi connectivity index (χ3n) is 2.27. The van der Waals surface area contributed by atoms with Crippen molar-refractivity contribution in [3.05, 3.63) is 34.6 Å². The summed E-state index contributed by atoms with van der Waals surface area (Å²) in [6.07, 6.45) is 0.170. The van der Waals surface area contributed by atoms with Gasteiger partial charge in [0.15, 0.2) is 0 Å². The predicted molar refractivity (Wildman–Crippen MR) is 53.3 cm³/mol. The monoisotopic (exact) mass is 229 g/mol. The number of halogens is 2. The molecule has 1 atom stereocenters. The van der Waals surface area contributed by atoms with Crippen LogP contribution in [-0.4, -0.2) is 12.7 Å². The van der Waals surface area contributed by atoms with Gasteiger partial charge in [0, 0.05) is 11.4 Å². The fourth-order valence-electron chi connectivity index (χ4n) is 1.54. The zero-order chi connectivity index (χ0) is 10.8. The van der Waals surface area contributed by atoms with E-state index < -0.39 is 6.09 Å². The van der Waals surface area contributed by atoms with Crippen LogP contribution < -0.4 is 5.32 Å². The Labute approximate surface area is 91.2 Å². The third-order valence-corrected chi connectivity index (χ3v) is 2.60. The lowest BCUT2D eigenvalue weighted by molar-refractivity contribution is 0.115. The molecular formula is C10H9ClFNO2. The van der Waals surface area contributed by atoms with E-state index in [9.17, 15) is 9.18 Å². The van der Waals surface area contributed by atoms with E-state index >= 15 is 0 Å². The molecule has 1 aromatic carbocycles. The zero-order valence-electron chi connectivity index (χ0n) is 7.80. The van der Waals surface area contributed by atoms with Crippen molar-refractivity contribution in [1.29, 1.82) is 0 Å². The number of hydrogen-bond acceptors (Lipinski definition) is 2. The van der Waals surface area contributed by atoms with Crippen LogP contribution in [0.3, 0.4) is 0 Å². The lowest BCUT2D eigenvalue weighted by Gasteiger charge is -2.24. The van der Waals surface area contributed by atoms with E-state index in [1.807, 2.05) is 0 Å². The summed E-state index contributed by atoms with van der Waals surface area (Å²) in [6, 6.07) is 3.94. The molecule has 0 aliphatic carbocycles. The maximum absolute atomic E-state index is 12.8. The van der Waals surface area contributed by atoms with Crippen molar-refractivity contribution >= 4 is 17.7 Å². The molecule has 5 heteroatoms. The molecule has 1 heterocycles. The summed E-state index contributed by atoms with van der Waals surface area (Å²) in [7, 11) is 0. The Morgan fingerprint density at radius 1 is 1.53 bits per heavy atom. The second-order valence-electron chi connectivity index (χ2n) is 3.29. The SMILES string of the molecule is O=C1N[C@@H](c2ccc(F)cc2Cl)CCO1. The average molecular weight is 230 g/mol. The highest BCUT2D eigenvalue weighted by Gasteiger charge is 2.22. The van der Waals surface area contributed by atoms with Crippen LogP contribution in [0.15, 0.2) is 18.2 Å². The van der Waals surface area contributed by atoms with Crippen molar-refractivity contribution in [3.8, 4) is 0 Å². The van der Waals surface area contributed by atoms with Crippen LogP contribution in [0.4, 0.5) is 9.18 Å². The largest absolute Gasteiger partial charge is 0.449 e. The third kappa shape index (κ3) is 2.21. The van der Waals surface area contributed by atoms with Crippen LogP contribution in [0.2, 0.25) is 5.02 Å². The molecule has 0 bridgehead atoms. The Morgan fingerprint density at radius 3 is 3.00 bits per heavy atom. The first-order valence-electron chi connectivity index (χ1n) is 4.55. The van der Waals surface area contributed by atoms with E-state index in [2.05, 4.69) is 5.32 Å². The molecule has 80 valence electrons. The molecule has 2 rings (SSSR count). The first-order valence-corrected chi connectivity index (χ1v) is 4.93. The number of amides is 1. The summed E-state index contributed by atoms with van der Waals surface area (Å²) in [6.45, 7) is 0.351. The molecule has 1 fully saturated rings. The summed E-state index contributed by atoms with van der Waals surface area (Å²) in [5.74, 6) is -0.387. The lowest BCUT2D eigenvalue weighted by atomic mass is 10.0. The fourth-order valence-corrected chi connectivity index (χ4v) is 1.84. The lowest BCUT2D eigenvalue weighted by Crippen LogP contribution is -2.35. The normalized spacial score (nSPS) is 20.7. The highest BCUT2D eigenvalue weighted by Crippen LogP contribution is 2.27. The van der Waals surface area contributed by atoms with Gasteiger partial charge in [0.05, 0.1) is 12.6 Å². The minimum Gasteiger partial charge on any atom is -0.449 e. The van der Waals surface area contributed by atoms with Crippen LogP contribution in [0.5, 0.6) is 0 Å². The van der Waals surface area contributed by atoms with Gasteiger partial charge in [0.25, 0.3) is 0 Å². The van der Waals surface area contributed by atoms with Gasteiger partial charge in [-0.15, -0.1) is 0 Å². The molecule has 0 aromatic heterocycles. The Hall–Kier alpha value is -1.29. The molecule has 1 aliphatic heterocycles. The smallest absolute Gasteiger partial charge is 0.407 e. The molecule has 1 aromatic rings. The van der Waals surface area contributed by atoms with E-state index in [-0.39, 0.29) is 11.9 Å². The maximum atomic E-state index is 12.8. The Kier molecular flexibility index (Phi) is 2.77. The van der Waals surface area contributed by atoms with E-state index in [4.69, 9.17) is 16.3 Å². The van der Waals surface area contributed by atoms with Crippen LogP contribution in [0, 0.1) is 5.82 Å². The predicted octanol–water partition coefficient (Wildman–Crippen LogP) is 2.65. The molecule has 1 N–H and O–H groups in total. The molecular weight excluding hydrogens is 221 g/mol. The molecule has 0 unspecified atom stereocenters. The molecule has 1 saturated heterocycles. The van der Waals surface area contributed by atoms with Crippen LogP contribution in [0.1, 0.15) is 18.0 Å². The van der Waals surface area contributed by atoms with Gasteiger partial charge in [-0.25, -0.2) is 9.18 Å². The van der Waals surface area contributed by atoms with Gasteiger partial charge in [0.1, 0.15) is 5.82 Å². The van der Waals surface area contributed by atoms with Gasteiger partial charge < -0.3 is 10.1 Å². The van der Waals surface area contributed by atoms with Crippen molar-refractivity contribution in [2.45, 2.75) is 12.5 Å². The Balaban J connectivity index is 2.24. The van der Waals surface area contributed by atoms with E-state index in [1.165, 1.54) is 12.1 Å². The number of ether oxygens (including phenoxy) is 1. The number of benzene rings is 1. The zero-order valence-corrected chi connectivity index (χ0v) is 8.55. The van der Waals surface area contributed by atoms with Gasteiger partial charge in [-0.1, -0.05) is 17.7 Å². The van der Waals surface area contributed by atoms with E-state index in [0.717, 1.165) is 5.56 Å². The maximum Gasteiger partial charge on any atom is 0.407 e. The first-order chi connectivity index (χ1) is 7.16. The number of hydrogen-bond donors (Lipinski definition) is 1. The quantitative estimate of drug-likeness (QED) is 0.804. The Morgan fingerprint density at radius 2 is 2.33 bits per heavy atom. The van der Waals surface area contributed by atoms with Gasteiger partial charge in [-0.05, 0) is 17.7 Å². The van der Waals surface area contributed by atoms with E-state index in [0.29, 0.717) is 18.1 Å².